The number of thiophene rings is 4. The summed E-state index contributed by atoms with van der Waals surface area (Å²) in [6, 6.07) is 29.2. The molecule has 4 unspecified atom stereocenters. The van der Waals surface area contributed by atoms with Crippen LogP contribution in [-0.4, -0.2) is 59.8 Å². The molecule has 0 saturated heterocycles. The monoisotopic (exact) mass is 1510 g/mol. The van der Waals surface area contributed by atoms with E-state index in [1.54, 1.807) is 31.5 Å². The van der Waals surface area contributed by atoms with Gasteiger partial charge in [-0.2, -0.15) is 0 Å². The van der Waals surface area contributed by atoms with Gasteiger partial charge in [0.1, 0.15) is 11.3 Å². The SMILES string of the molecule is CCCCCCCCN1C(=O)c2c(C)oc(-c3c[c]4c(s3)-c3sc(C)c[c]3[Ge]4([CH2]C(CC)CCCC)[c]3ccc(CCCCCC)cc3)c2C1=O.CCCCCCCCN1C(=O)c2c(C)oc(-c3cc4c(s3)-c3sc(C)cc3C4(CC(CC)CCCC)c3ccc(CCCCCC)cc3)c2C1=O. The second-order valence-electron chi connectivity index (χ2n) is 30.5. The Morgan fingerprint density at radius 2 is 0.814 bits per heavy atom. The van der Waals surface area contributed by atoms with Crippen LogP contribution in [0.25, 0.3) is 40.8 Å². The van der Waals surface area contributed by atoms with Crippen molar-refractivity contribution in [1.29, 1.82) is 0 Å². The summed E-state index contributed by atoms with van der Waals surface area (Å²) >= 11 is 4.21. The number of carbonyl (C=O) groups is 4. The van der Waals surface area contributed by atoms with Crippen LogP contribution in [0.3, 0.4) is 0 Å². The van der Waals surface area contributed by atoms with Crippen molar-refractivity contribution in [3.63, 3.8) is 0 Å². The minimum absolute atomic E-state index is 0.176. The van der Waals surface area contributed by atoms with Gasteiger partial charge in [-0.05, 0) is 79.8 Å². The molecule has 3 aliphatic heterocycles. The summed E-state index contributed by atoms with van der Waals surface area (Å²) in [7, 11) is 0. The van der Waals surface area contributed by atoms with Gasteiger partial charge in [-0.15, -0.1) is 22.7 Å². The Labute approximate surface area is 631 Å². The third kappa shape index (κ3) is 15.9. The number of unbranched alkanes of at least 4 members (excludes halogenated alkanes) is 18. The molecule has 0 saturated carbocycles. The van der Waals surface area contributed by atoms with E-state index in [1.807, 2.05) is 36.5 Å². The normalized spacial score (nSPS) is 17.0. The molecule has 13 heteroatoms. The molecule has 4 aliphatic rings. The molecule has 6 aromatic heterocycles. The predicted octanol–water partition coefficient (Wildman–Crippen LogP) is 25.1. The van der Waals surface area contributed by atoms with E-state index in [9.17, 15) is 19.2 Å². The second-order valence-corrected chi connectivity index (χ2v) is 43.3. The molecular formula is C89H118GeN2O6S4. The summed E-state index contributed by atoms with van der Waals surface area (Å²) in [5, 5.41) is 1.25. The zero-order chi connectivity index (χ0) is 72.2. The summed E-state index contributed by atoms with van der Waals surface area (Å²) in [4.78, 5) is 68.4. The smallest absolute Gasteiger partial charge is 0.265 e. The van der Waals surface area contributed by atoms with Gasteiger partial charge in [0.25, 0.3) is 11.8 Å². The fourth-order valence-corrected chi connectivity index (χ4v) is 36.9. The van der Waals surface area contributed by atoms with Crippen LogP contribution in [0.2, 0.25) is 5.25 Å². The molecule has 1 aliphatic carbocycles. The molecule has 8 aromatic rings. The Hall–Kier alpha value is -5.38. The zero-order valence-corrected chi connectivity index (χ0v) is 69.5. The van der Waals surface area contributed by atoms with E-state index in [0.717, 1.165) is 74.0 Å². The maximum absolute atomic E-state index is 14.0. The minimum atomic E-state index is -3.17. The molecule has 0 N–H and O–H groups in total. The van der Waals surface area contributed by atoms with Gasteiger partial charge in [0.05, 0.1) is 10.4 Å². The molecule has 0 spiro atoms. The van der Waals surface area contributed by atoms with E-state index in [2.05, 4.69) is 142 Å². The van der Waals surface area contributed by atoms with Crippen LogP contribution < -0.4 is 13.2 Å². The number of aryl methyl sites for hydroxylation is 6. The van der Waals surface area contributed by atoms with E-state index < -0.39 is 13.3 Å². The van der Waals surface area contributed by atoms with Crippen LogP contribution in [0.1, 0.15) is 332 Å². The number of imide groups is 2. The summed E-state index contributed by atoms with van der Waals surface area (Å²) in [5.74, 6) is 2.83. The molecule has 12 rings (SSSR count). The molecule has 9 heterocycles. The molecule has 102 heavy (non-hydrogen) atoms. The maximum atomic E-state index is 14.0. The number of benzene rings is 2. The molecular weight excluding hydrogens is 1390 g/mol. The van der Waals surface area contributed by atoms with Crippen molar-refractivity contribution < 1.29 is 28.0 Å². The van der Waals surface area contributed by atoms with Crippen molar-refractivity contribution >= 4 is 95.4 Å². The van der Waals surface area contributed by atoms with Crippen molar-refractivity contribution in [2.24, 2.45) is 11.8 Å². The third-order valence-electron chi connectivity index (χ3n) is 23.2. The van der Waals surface area contributed by atoms with Gasteiger partial charge in [0.15, 0.2) is 5.76 Å². The Morgan fingerprint density at radius 3 is 1.33 bits per heavy atom. The molecule has 0 bridgehead atoms. The van der Waals surface area contributed by atoms with Crippen LogP contribution in [0.15, 0.2) is 81.6 Å². The largest absolute Gasteiger partial charge is 0.459 e. The number of hydrogen-bond donors (Lipinski definition) is 0. The van der Waals surface area contributed by atoms with Crippen LogP contribution in [0.5, 0.6) is 0 Å². The molecule has 548 valence electrons. The number of carbonyl (C=O) groups excluding carboxylic acids is 4. The van der Waals surface area contributed by atoms with E-state index in [0.29, 0.717) is 70.2 Å². The van der Waals surface area contributed by atoms with Gasteiger partial charge in [0.2, 0.25) is 0 Å². The van der Waals surface area contributed by atoms with Crippen molar-refractivity contribution in [2.75, 3.05) is 13.1 Å². The first-order valence-corrected chi connectivity index (χ1v) is 48.2. The topological polar surface area (TPSA) is 101 Å². The van der Waals surface area contributed by atoms with E-state index in [1.165, 1.54) is 211 Å². The Kier molecular flexibility index (Phi) is 27.3. The molecule has 4 atom stereocenters. The standard InChI is InChI=1S/C45H59NO3S2.C44H59GeNO3S2/c2*1-7-11-14-16-17-19-26-46-43(47)38-31(6)49-40(39(38)44(46)48)37-28-36-42(51-37)41-35(27-30(5)50-41)45(36,29-32(10-4)20-13-9-3)34-24-22-33(23-25-34)21-18-15-12-8-2/h2*22-25,27-28,32H,7-21,26,29H2,1-6H3. The molecule has 0 fully saturated rings. The number of hydrogen-bond acceptors (Lipinski definition) is 10. The summed E-state index contributed by atoms with van der Waals surface area (Å²) in [6.07, 6.45) is 36.8. The fourth-order valence-electron chi connectivity index (χ4n) is 17.3. The van der Waals surface area contributed by atoms with E-state index >= 15 is 0 Å². The summed E-state index contributed by atoms with van der Waals surface area (Å²) < 4.78 is 17.6. The summed E-state index contributed by atoms with van der Waals surface area (Å²) in [6.45, 7) is 27.5. The second kappa shape index (κ2) is 35.8. The Morgan fingerprint density at radius 1 is 0.412 bits per heavy atom. The van der Waals surface area contributed by atoms with Crippen molar-refractivity contribution in [1.82, 2.24) is 9.80 Å². The van der Waals surface area contributed by atoms with Gasteiger partial charge in [-0.1, -0.05) is 149 Å². The van der Waals surface area contributed by atoms with Crippen LogP contribution >= 0.6 is 45.3 Å². The summed E-state index contributed by atoms with van der Waals surface area (Å²) in [5.41, 5.74) is 8.67. The number of rotatable bonds is 40. The van der Waals surface area contributed by atoms with Gasteiger partial charge >= 0.3 is 300 Å². The first-order chi connectivity index (χ1) is 49.6. The van der Waals surface area contributed by atoms with Crippen LogP contribution in [0, 0.1) is 39.5 Å². The van der Waals surface area contributed by atoms with Crippen LogP contribution in [0.4, 0.5) is 0 Å². The number of furan rings is 2. The van der Waals surface area contributed by atoms with Gasteiger partial charge in [-0.25, -0.2) is 0 Å². The van der Waals surface area contributed by atoms with E-state index in [-0.39, 0.29) is 29.0 Å². The quantitative estimate of drug-likeness (QED) is 0.0215. The molecule has 0 radical (unpaired) electrons. The Bertz CT molecular complexity index is 3890. The number of nitrogens with zero attached hydrogens (tertiary/aromatic N) is 2. The van der Waals surface area contributed by atoms with Crippen molar-refractivity contribution in [3.8, 4) is 40.8 Å². The van der Waals surface area contributed by atoms with Crippen molar-refractivity contribution in [3.05, 3.63) is 144 Å². The minimum Gasteiger partial charge on any atom is -0.459 e. The van der Waals surface area contributed by atoms with Crippen molar-refractivity contribution in [2.45, 2.75) is 293 Å². The molecule has 2 aromatic carbocycles. The van der Waals surface area contributed by atoms with Gasteiger partial charge in [-0.3, -0.25) is 14.5 Å². The molecule has 4 amide bonds. The fraction of sp³-hybridized carbons (Fsp3) is 0.551. The first kappa shape index (κ1) is 77.7. The number of amides is 4. The number of fused-ring (bicyclic) bond motifs is 8. The average molecular weight is 1510 g/mol. The zero-order valence-electron chi connectivity index (χ0n) is 64.1. The third-order valence-corrected chi connectivity index (χ3v) is 39.4. The average Bonchev–Trinajstić information content (AvgIpc) is 1.54. The Balaban J connectivity index is 0.000000205. The van der Waals surface area contributed by atoms with E-state index in [4.69, 9.17) is 8.83 Å². The predicted molar refractivity (Wildman–Crippen MR) is 436 cm³/mol. The van der Waals surface area contributed by atoms with Gasteiger partial charge < -0.3 is 4.42 Å². The first-order valence-electron chi connectivity index (χ1n) is 40.3. The van der Waals surface area contributed by atoms with Crippen LogP contribution in [-0.2, 0) is 18.3 Å². The maximum Gasteiger partial charge on any atom is 0.265 e. The molecule has 8 nitrogen and oxygen atoms in total. The van der Waals surface area contributed by atoms with Gasteiger partial charge in [0, 0.05) is 26.6 Å².